The Kier molecular flexibility index (Phi) is 8.24. The van der Waals surface area contributed by atoms with Crippen molar-refractivity contribution in [2.45, 2.75) is 19.8 Å². The molecule has 148 valence electrons. The quantitative estimate of drug-likeness (QED) is 0.473. The second-order valence-corrected chi connectivity index (χ2v) is 7.14. The largest absolute Gasteiger partial charge is 0.755 e. The Labute approximate surface area is 169 Å². The van der Waals surface area contributed by atoms with Gasteiger partial charge in [-0.1, -0.05) is 43.8 Å². The molecule has 1 heterocycles. The zero-order valence-electron chi connectivity index (χ0n) is 15.1. The average molecular weight is 421 g/mol. The fraction of sp³-hybridized carbons (Fsp3) is 0.158. The predicted octanol–water partition coefficient (Wildman–Crippen LogP) is 4.01. The number of halogens is 1. The van der Waals surface area contributed by atoms with Gasteiger partial charge in [0, 0.05) is 27.9 Å². The number of carbonyl (C=O) groups is 1. The summed E-state index contributed by atoms with van der Waals surface area (Å²) >= 11 is -1.44. The molecule has 2 rings (SSSR count). The molecule has 0 saturated carbocycles. The topological polar surface area (TPSA) is 94.2 Å². The summed E-state index contributed by atoms with van der Waals surface area (Å²) in [6, 6.07) is 7.96. The van der Waals surface area contributed by atoms with Crippen LogP contribution in [0.15, 0.2) is 66.0 Å². The first-order valence-corrected chi connectivity index (χ1v) is 10.3. The molecule has 0 bridgehead atoms. The van der Waals surface area contributed by atoms with Crippen LogP contribution in [0.4, 0.5) is 9.52 Å². The molecule has 0 radical (unpaired) electrons. The number of nitrogens with zero attached hydrogens (tertiary/aromatic N) is 1. The first-order chi connectivity index (χ1) is 13.4. The van der Waals surface area contributed by atoms with Crippen LogP contribution in [-0.2, 0) is 22.5 Å². The molecule has 1 aromatic heterocycles. The summed E-state index contributed by atoms with van der Waals surface area (Å²) in [5, 5.41) is 4.76. The number of carbonyl (C=O) groups excluding carboxylic acids is 1. The number of anilines is 1. The van der Waals surface area contributed by atoms with Gasteiger partial charge in [0.15, 0.2) is 5.13 Å². The number of hydrogen-bond acceptors (Lipinski definition) is 5. The average Bonchev–Trinajstić information content (AvgIpc) is 3.09. The van der Waals surface area contributed by atoms with Gasteiger partial charge >= 0.3 is 0 Å². The van der Waals surface area contributed by atoms with E-state index in [2.05, 4.69) is 23.8 Å². The van der Waals surface area contributed by atoms with E-state index in [4.69, 9.17) is 0 Å². The molecule has 1 aromatic carbocycles. The number of hydrogen-bond donors (Lipinski definition) is 2. The Balaban J connectivity index is 2.06. The van der Waals surface area contributed by atoms with Crippen molar-refractivity contribution >= 4 is 33.6 Å². The minimum Gasteiger partial charge on any atom is -0.755 e. The molecule has 0 spiro atoms. The van der Waals surface area contributed by atoms with Crippen LogP contribution >= 0.6 is 11.3 Å². The van der Waals surface area contributed by atoms with Crippen LogP contribution in [0.25, 0.3) is 11.3 Å². The van der Waals surface area contributed by atoms with Crippen molar-refractivity contribution in [3.05, 3.63) is 71.5 Å². The van der Waals surface area contributed by atoms with Crippen molar-refractivity contribution in [3.8, 4) is 11.3 Å². The Morgan fingerprint density at radius 1 is 1.39 bits per heavy atom. The third kappa shape index (κ3) is 6.84. The monoisotopic (exact) mass is 420 g/mol. The van der Waals surface area contributed by atoms with Gasteiger partial charge in [0.25, 0.3) is 0 Å². The molecule has 1 amide bonds. The highest BCUT2D eigenvalue weighted by Crippen LogP contribution is 2.25. The Hall–Kier alpha value is -2.62. The number of aryl methyl sites for hydroxylation is 1. The van der Waals surface area contributed by atoms with E-state index >= 15 is 0 Å². The third-order valence-electron chi connectivity index (χ3n) is 3.56. The summed E-state index contributed by atoms with van der Waals surface area (Å²) in [7, 11) is 0. The van der Waals surface area contributed by atoms with E-state index in [-0.39, 0.29) is 12.1 Å². The predicted molar refractivity (Wildman–Crippen MR) is 110 cm³/mol. The number of benzene rings is 1. The first-order valence-electron chi connectivity index (χ1n) is 8.30. The van der Waals surface area contributed by atoms with Crippen LogP contribution in [0.1, 0.15) is 18.9 Å². The van der Waals surface area contributed by atoms with Gasteiger partial charge in [-0.05, 0) is 24.1 Å². The van der Waals surface area contributed by atoms with Gasteiger partial charge in [-0.2, -0.15) is 0 Å². The summed E-state index contributed by atoms with van der Waals surface area (Å²) in [5.74, 6) is -1.26. The van der Waals surface area contributed by atoms with Gasteiger partial charge in [0.2, 0.25) is 5.91 Å². The highest BCUT2D eigenvalue weighted by Gasteiger charge is 2.11. The van der Waals surface area contributed by atoms with Crippen LogP contribution in [-0.4, -0.2) is 19.7 Å². The molecular formula is C19H19FN3O3S2-. The van der Waals surface area contributed by atoms with Gasteiger partial charge < -0.3 is 14.6 Å². The van der Waals surface area contributed by atoms with Crippen LogP contribution < -0.4 is 10.0 Å². The molecule has 2 N–H and O–H groups in total. The van der Waals surface area contributed by atoms with Crippen LogP contribution in [0.2, 0.25) is 0 Å². The molecule has 28 heavy (non-hydrogen) atoms. The molecule has 9 heteroatoms. The maximum atomic E-state index is 13.6. The van der Waals surface area contributed by atoms with E-state index in [0.717, 1.165) is 29.8 Å². The van der Waals surface area contributed by atoms with E-state index < -0.39 is 23.0 Å². The van der Waals surface area contributed by atoms with Gasteiger partial charge in [0.1, 0.15) is 5.83 Å². The van der Waals surface area contributed by atoms with Gasteiger partial charge in [-0.3, -0.25) is 9.00 Å². The summed E-state index contributed by atoms with van der Waals surface area (Å²) < 4.78 is 37.2. The molecule has 1 unspecified atom stereocenters. The van der Waals surface area contributed by atoms with Crippen LogP contribution in [0, 0.1) is 0 Å². The zero-order chi connectivity index (χ0) is 20.5. The van der Waals surface area contributed by atoms with Crippen LogP contribution in [0.5, 0.6) is 0 Å². The van der Waals surface area contributed by atoms with Gasteiger partial charge in [-0.15, -0.1) is 11.3 Å². The van der Waals surface area contributed by atoms with Gasteiger partial charge in [0.05, 0.1) is 12.1 Å². The number of allylic oxidation sites excluding steroid dienone is 4. The Morgan fingerprint density at radius 2 is 2.11 bits per heavy atom. The molecule has 2 aromatic rings. The second kappa shape index (κ2) is 10.6. The molecule has 0 aliphatic carbocycles. The molecule has 0 aliphatic rings. The summed E-state index contributed by atoms with van der Waals surface area (Å²) in [6.45, 7) is 5.42. The molecular weight excluding hydrogens is 401 g/mol. The van der Waals surface area contributed by atoms with E-state index in [9.17, 15) is 17.9 Å². The summed E-state index contributed by atoms with van der Waals surface area (Å²) in [6.07, 6.45) is 3.75. The van der Waals surface area contributed by atoms with Gasteiger partial charge in [-0.25, -0.2) is 9.37 Å². The highest BCUT2D eigenvalue weighted by molar-refractivity contribution is 7.77. The van der Waals surface area contributed by atoms with E-state index in [1.54, 1.807) is 0 Å². The second-order valence-electron chi connectivity index (χ2n) is 5.61. The first kappa shape index (κ1) is 21.7. The van der Waals surface area contributed by atoms with Crippen LogP contribution in [0.3, 0.4) is 0 Å². The molecule has 1 atom stereocenters. The smallest absolute Gasteiger partial charge is 0.232 e. The van der Waals surface area contributed by atoms with E-state index in [1.807, 2.05) is 34.4 Å². The zero-order valence-corrected chi connectivity index (χ0v) is 16.7. The lowest BCUT2D eigenvalue weighted by molar-refractivity contribution is -0.115. The summed E-state index contributed by atoms with van der Waals surface area (Å²) in [5.41, 5.74) is 2.74. The van der Waals surface area contributed by atoms with Crippen molar-refractivity contribution < 1.29 is 17.9 Å². The minimum atomic E-state index is -2.68. The maximum Gasteiger partial charge on any atom is 0.232 e. The Bertz CT molecular complexity index is 921. The molecule has 0 fully saturated rings. The lowest BCUT2D eigenvalue weighted by Crippen LogP contribution is -2.21. The van der Waals surface area contributed by atoms with Crippen molar-refractivity contribution in [2.24, 2.45) is 0 Å². The SMILES string of the molecule is C=C/C=C(F)\C=C(/CC(=O)Nc1nc(-c2ccc(CC)cc2)cs1)NS(=O)[O-]. The molecule has 0 saturated heterocycles. The van der Waals surface area contributed by atoms with Crippen molar-refractivity contribution in [1.82, 2.24) is 9.71 Å². The van der Waals surface area contributed by atoms with Crippen molar-refractivity contribution in [1.29, 1.82) is 0 Å². The Morgan fingerprint density at radius 3 is 2.71 bits per heavy atom. The fourth-order valence-corrected chi connectivity index (χ4v) is 3.34. The maximum absolute atomic E-state index is 13.6. The number of rotatable bonds is 9. The normalized spacial score (nSPS) is 13.1. The van der Waals surface area contributed by atoms with E-state index in [0.29, 0.717) is 5.13 Å². The molecule has 6 nitrogen and oxygen atoms in total. The van der Waals surface area contributed by atoms with Crippen molar-refractivity contribution in [2.75, 3.05) is 5.32 Å². The number of amides is 1. The fourth-order valence-electron chi connectivity index (χ4n) is 2.26. The van der Waals surface area contributed by atoms with E-state index in [1.165, 1.54) is 23.0 Å². The number of nitrogens with one attached hydrogen (secondary N) is 2. The number of aromatic nitrogens is 1. The lowest BCUT2D eigenvalue weighted by Gasteiger charge is -2.12. The third-order valence-corrected chi connectivity index (χ3v) is 4.75. The lowest BCUT2D eigenvalue weighted by atomic mass is 10.1. The minimum absolute atomic E-state index is 0.117. The molecule has 0 aliphatic heterocycles. The summed E-state index contributed by atoms with van der Waals surface area (Å²) in [4.78, 5) is 16.5. The number of thiazole rings is 1. The van der Waals surface area contributed by atoms with Crippen molar-refractivity contribution in [3.63, 3.8) is 0 Å². The standard InChI is InChI=1S/C19H20FN3O3S2/c1-3-5-15(20)10-16(23-28(25)26)11-18(24)22-19-21-17(12-27-19)14-8-6-13(4-2)7-9-14/h3,5-10,12,23H,1,4,11H2,2H3,(H,25,26)(H,21,22,24)/p-1/b15-5+,16-10+. The highest BCUT2D eigenvalue weighted by atomic mass is 32.2.